The average Bonchev–Trinajstić information content (AvgIpc) is 2.65. The van der Waals surface area contributed by atoms with E-state index >= 15 is 0 Å². The SMILES string of the molecule is C[C@@H]1CC[C@H]2C(C)(C)[C@H](/C=C\C=O)[C@]3(C)O[C@]123. The molecule has 0 amide bonds. The molecule has 94 valence electrons. The van der Waals surface area contributed by atoms with Crippen LogP contribution in [0.4, 0.5) is 0 Å². The minimum absolute atomic E-state index is 0.0312. The topological polar surface area (TPSA) is 29.6 Å². The zero-order valence-corrected chi connectivity index (χ0v) is 11.2. The lowest BCUT2D eigenvalue weighted by molar-refractivity contribution is -0.104. The van der Waals surface area contributed by atoms with E-state index in [0.717, 1.165) is 6.29 Å². The number of hydrogen-bond donors (Lipinski definition) is 0. The normalized spacial score (nSPS) is 54.7. The first-order chi connectivity index (χ1) is 7.91. The molecular formula is C15H22O2. The largest absolute Gasteiger partial charge is 0.362 e. The minimum atomic E-state index is -0.0312. The van der Waals surface area contributed by atoms with E-state index in [2.05, 4.69) is 33.8 Å². The quantitative estimate of drug-likeness (QED) is 0.417. The van der Waals surface area contributed by atoms with Gasteiger partial charge in [0.05, 0.1) is 0 Å². The maximum absolute atomic E-state index is 10.6. The Morgan fingerprint density at radius 1 is 1.24 bits per heavy atom. The van der Waals surface area contributed by atoms with Gasteiger partial charge in [-0.1, -0.05) is 26.8 Å². The molecule has 3 fully saturated rings. The van der Waals surface area contributed by atoms with Gasteiger partial charge < -0.3 is 4.74 Å². The second-order valence-corrected chi connectivity index (χ2v) is 6.85. The number of aldehydes is 1. The van der Waals surface area contributed by atoms with Crippen molar-refractivity contribution in [3.05, 3.63) is 12.2 Å². The number of ether oxygens (including phenoxy) is 1. The van der Waals surface area contributed by atoms with E-state index in [1.54, 1.807) is 6.08 Å². The molecule has 0 radical (unpaired) electrons. The van der Waals surface area contributed by atoms with Crippen LogP contribution in [0, 0.1) is 23.2 Å². The fraction of sp³-hybridized carbons (Fsp3) is 0.800. The Bertz CT molecular complexity index is 398. The molecule has 2 heteroatoms. The number of rotatable bonds is 2. The molecule has 2 nitrogen and oxygen atoms in total. The van der Waals surface area contributed by atoms with Crippen LogP contribution in [0.3, 0.4) is 0 Å². The van der Waals surface area contributed by atoms with E-state index in [-0.39, 0.29) is 16.6 Å². The van der Waals surface area contributed by atoms with Gasteiger partial charge in [-0.05, 0) is 43.1 Å². The highest BCUT2D eigenvalue weighted by molar-refractivity contribution is 5.65. The number of carbonyl (C=O) groups excluding carboxylic acids is 1. The summed E-state index contributed by atoms with van der Waals surface area (Å²) in [5, 5.41) is 0. The van der Waals surface area contributed by atoms with E-state index in [9.17, 15) is 4.79 Å². The lowest BCUT2D eigenvalue weighted by atomic mass is 9.72. The summed E-state index contributed by atoms with van der Waals surface area (Å²) in [7, 11) is 0. The summed E-state index contributed by atoms with van der Waals surface area (Å²) in [6.45, 7) is 9.26. The summed E-state index contributed by atoms with van der Waals surface area (Å²) in [5.74, 6) is 1.68. The van der Waals surface area contributed by atoms with Crippen molar-refractivity contribution in [1.82, 2.24) is 0 Å². The highest BCUT2D eigenvalue weighted by Gasteiger charge is 2.85. The van der Waals surface area contributed by atoms with Gasteiger partial charge in [0.2, 0.25) is 0 Å². The molecular weight excluding hydrogens is 212 g/mol. The van der Waals surface area contributed by atoms with Gasteiger partial charge in [-0.15, -0.1) is 0 Å². The predicted molar refractivity (Wildman–Crippen MR) is 66.6 cm³/mol. The second-order valence-electron chi connectivity index (χ2n) is 6.85. The van der Waals surface area contributed by atoms with Crippen molar-refractivity contribution in [3.63, 3.8) is 0 Å². The van der Waals surface area contributed by atoms with Gasteiger partial charge in [0, 0.05) is 5.92 Å². The predicted octanol–water partition coefficient (Wildman–Crippen LogP) is 2.97. The summed E-state index contributed by atoms with van der Waals surface area (Å²) >= 11 is 0. The molecule has 3 rings (SSSR count). The fourth-order valence-electron chi connectivity index (χ4n) is 5.27. The molecule has 0 N–H and O–H groups in total. The van der Waals surface area contributed by atoms with E-state index < -0.39 is 0 Å². The average molecular weight is 234 g/mol. The zero-order valence-electron chi connectivity index (χ0n) is 11.2. The highest BCUT2D eigenvalue weighted by Crippen LogP contribution is 2.78. The Hall–Kier alpha value is -0.630. The summed E-state index contributed by atoms with van der Waals surface area (Å²) in [5.41, 5.74) is 0.322. The highest BCUT2D eigenvalue weighted by atomic mass is 16.6. The molecule has 1 heterocycles. The fourth-order valence-corrected chi connectivity index (χ4v) is 5.27. The van der Waals surface area contributed by atoms with Crippen LogP contribution in [0.5, 0.6) is 0 Å². The van der Waals surface area contributed by atoms with Crippen molar-refractivity contribution in [1.29, 1.82) is 0 Å². The first kappa shape index (κ1) is 11.5. The standard InChI is InChI=1S/C15H22O2/c1-10-7-8-12-13(2,3)11(6-5-9-16)14(4)15(10,12)17-14/h5-6,9-12H,7-8H2,1-4H3/b6-5-/t10-,11+,12+,14+,15-/m1/s1. The molecule has 3 aliphatic rings. The van der Waals surface area contributed by atoms with Crippen molar-refractivity contribution in [2.75, 3.05) is 0 Å². The molecule has 0 aromatic heterocycles. The van der Waals surface area contributed by atoms with Gasteiger partial charge in [0.25, 0.3) is 0 Å². The van der Waals surface area contributed by atoms with Crippen LogP contribution in [0.15, 0.2) is 12.2 Å². The van der Waals surface area contributed by atoms with E-state index in [4.69, 9.17) is 4.74 Å². The molecule has 1 saturated heterocycles. The van der Waals surface area contributed by atoms with Gasteiger partial charge in [-0.25, -0.2) is 0 Å². The number of epoxide rings is 1. The molecule has 2 aliphatic carbocycles. The van der Waals surface area contributed by atoms with Crippen LogP contribution < -0.4 is 0 Å². The third-order valence-electron chi connectivity index (χ3n) is 5.93. The lowest BCUT2D eigenvalue weighted by Gasteiger charge is -2.35. The van der Waals surface area contributed by atoms with Crippen LogP contribution in [0.2, 0.25) is 0 Å². The van der Waals surface area contributed by atoms with Crippen molar-refractivity contribution >= 4 is 6.29 Å². The second kappa shape index (κ2) is 3.03. The molecule has 5 atom stereocenters. The van der Waals surface area contributed by atoms with Gasteiger partial charge in [-0.3, -0.25) is 4.79 Å². The summed E-state index contributed by atoms with van der Waals surface area (Å²) in [6, 6.07) is 0. The molecule has 17 heavy (non-hydrogen) atoms. The van der Waals surface area contributed by atoms with Gasteiger partial charge in [0.1, 0.15) is 17.5 Å². The Kier molecular flexibility index (Phi) is 2.04. The molecule has 0 unspecified atom stereocenters. The van der Waals surface area contributed by atoms with E-state index in [1.165, 1.54) is 12.8 Å². The van der Waals surface area contributed by atoms with Crippen LogP contribution >= 0.6 is 0 Å². The third-order valence-corrected chi connectivity index (χ3v) is 5.93. The smallest absolute Gasteiger partial charge is 0.142 e. The molecule has 0 aromatic rings. The number of allylic oxidation sites excluding steroid dienone is 1. The first-order valence-corrected chi connectivity index (χ1v) is 6.73. The maximum atomic E-state index is 10.6. The summed E-state index contributed by atoms with van der Waals surface area (Å²) in [6.07, 6.45) is 7.17. The van der Waals surface area contributed by atoms with Crippen LogP contribution in [0.25, 0.3) is 0 Å². The third kappa shape index (κ3) is 1.04. The van der Waals surface area contributed by atoms with Crippen molar-refractivity contribution in [3.8, 4) is 0 Å². The van der Waals surface area contributed by atoms with Gasteiger partial charge >= 0.3 is 0 Å². The summed E-state index contributed by atoms with van der Waals surface area (Å²) < 4.78 is 6.24. The Labute approximate surface area is 103 Å². The van der Waals surface area contributed by atoms with Crippen molar-refractivity contribution in [2.45, 2.75) is 51.7 Å². The van der Waals surface area contributed by atoms with Gasteiger partial charge in [-0.2, -0.15) is 0 Å². The van der Waals surface area contributed by atoms with Crippen LogP contribution in [-0.4, -0.2) is 17.5 Å². The first-order valence-electron chi connectivity index (χ1n) is 6.73. The van der Waals surface area contributed by atoms with Crippen LogP contribution in [-0.2, 0) is 9.53 Å². The molecule has 0 aromatic carbocycles. The Balaban J connectivity index is 2.04. The van der Waals surface area contributed by atoms with Crippen LogP contribution in [0.1, 0.15) is 40.5 Å². The van der Waals surface area contributed by atoms with Crippen molar-refractivity contribution in [2.24, 2.45) is 23.2 Å². The van der Waals surface area contributed by atoms with Crippen molar-refractivity contribution < 1.29 is 9.53 Å². The van der Waals surface area contributed by atoms with E-state index in [0.29, 0.717) is 17.8 Å². The Morgan fingerprint density at radius 2 is 1.94 bits per heavy atom. The Morgan fingerprint density at radius 3 is 2.53 bits per heavy atom. The molecule has 2 saturated carbocycles. The maximum Gasteiger partial charge on any atom is 0.142 e. The summed E-state index contributed by atoms with van der Waals surface area (Å²) in [4.78, 5) is 10.6. The number of hydrogen-bond acceptors (Lipinski definition) is 2. The molecule has 0 bridgehead atoms. The van der Waals surface area contributed by atoms with E-state index in [1.807, 2.05) is 0 Å². The monoisotopic (exact) mass is 234 g/mol. The lowest BCUT2D eigenvalue weighted by Crippen LogP contribution is -2.32. The minimum Gasteiger partial charge on any atom is -0.362 e. The molecule has 1 spiro atoms. The number of carbonyl (C=O) groups is 1. The zero-order chi connectivity index (χ0) is 12.5. The van der Waals surface area contributed by atoms with Gasteiger partial charge in [0.15, 0.2) is 0 Å². The molecule has 1 aliphatic heterocycles.